The third kappa shape index (κ3) is 2.19. The predicted octanol–water partition coefficient (Wildman–Crippen LogP) is 3.87. The normalized spacial score (nSPS) is 11.4. The van der Waals surface area contributed by atoms with Crippen LogP contribution in [-0.2, 0) is 0 Å². The maximum absolute atomic E-state index is 4.53. The van der Waals surface area contributed by atoms with Gasteiger partial charge >= 0.3 is 0 Å². The van der Waals surface area contributed by atoms with Crippen LogP contribution < -0.4 is 0 Å². The van der Waals surface area contributed by atoms with Gasteiger partial charge in [-0.15, -0.1) is 0 Å². The Labute approximate surface area is 143 Å². The molecule has 0 bridgehead atoms. The largest absolute Gasteiger partial charge is 0.352 e. The second-order valence-electron chi connectivity index (χ2n) is 6.03. The first-order valence-corrected chi connectivity index (χ1v) is 7.98. The lowest BCUT2D eigenvalue weighted by atomic mass is 10.0. The van der Waals surface area contributed by atoms with Gasteiger partial charge in [-0.2, -0.15) is 5.10 Å². The first kappa shape index (κ1) is 13.9. The fraction of sp³-hybridized carbons (Fsp3) is 0.0526. The van der Waals surface area contributed by atoms with Gasteiger partial charge in [0.25, 0.3) is 0 Å². The Hall–Kier alpha value is -3.54. The third-order valence-corrected chi connectivity index (χ3v) is 4.45. The van der Waals surface area contributed by atoms with Crippen LogP contribution in [0.5, 0.6) is 0 Å². The van der Waals surface area contributed by atoms with E-state index in [1.54, 1.807) is 12.4 Å². The van der Waals surface area contributed by atoms with Crippen molar-refractivity contribution in [3.05, 3.63) is 60.8 Å². The number of H-pyrrole nitrogens is 2. The molecule has 5 aromatic heterocycles. The molecule has 0 spiro atoms. The zero-order valence-corrected chi connectivity index (χ0v) is 13.5. The molecular weight excluding hydrogens is 312 g/mol. The number of nitrogens with zero attached hydrogens (tertiary/aromatic N) is 4. The maximum atomic E-state index is 4.53. The minimum atomic E-state index is 0.761. The van der Waals surface area contributed by atoms with E-state index in [4.69, 9.17) is 0 Å². The van der Waals surface area contributed by atoms with Crippen molar-refractivity contribution in [1.29, 1.82) is 0 Å². The van der Waals surface area contributed by atoms with Crippen LogP contribution >= 0.6 is 0 Å². The minimum Gasteiger partial charge on any atom is -0.352 e. The first-order valence-electron chi connectivity index (χ1n) is 7.98. The van der Waals surface area contributed by atoms with E-state index in [0.29, 0.717) is 0 Å². The van der Waals surface area contributed by atoms with E-state index in [9.17, 15) is 0 Å². The number of pyridine rings is 3. The van der Waals surface area contributed by atoms with Gasteiger partial charge < -0.3 is 4.98 Å². The molecule has 25 heavy (non-hydrogen) atoms. The summed E-state index contributed by atoms with van der Waals surface area (Å²) in [6, 6.07) is 8.16. The Morgan fingerprint density at radius 2 is 1.84 bits per heavy atom. The summed E-state index contributed by atoms with van der Waals surface area (Å²) in [5.74, 6) is 0. The van der Waals surface area contributed by atoms with Gasteiger partial charge in [-0.05, 0) is 36.8 Å². The van der Waals surface area contributed by atoms with Gasteiger partial charge in [-0.3, -0.25) is 15.1 Å². The summed E-state index contributed by atoms with van der Waals surface area (Å²) in [5.41, 5.74) is 6.80. The number of fused-ring (bicyclic) bond motifs is 2. The quantitative estimate of drug-likeness (QED) is 0.516. The van der Waals surface area contributed by atoms with Crippen LogP contribution in [0.1, 0.15) is 5.56 Å². The van der Waals surface area contributed by atoms with Gasteiger partial charge in [0.1, 0.15) is 5.69 Å². The van der Waals surface area contributed by atoms with E-state index < -0.39 is 0 Å². The average molecular weight is 326 g/mol. The molecule has 0 aliphatic heterocycles. The van der Waals surface area contributed by atoms with Crippen LogP contribution in [0.3, 0.4) is 0 Å². The summed E-state index contributed by atoms with van der Waals surface area (Å²) in [6.07, 6.45) is 9.12. The summed E-state index contributed by atoms with van der Waals surface area (Å²) in [5, 5.41) is 9.55. The molecule has 6 nitrogen and oxygen atoms in total. The number of nitrogens with one attached hydrogen (secondary N) is 2. The first-order chi connectivity index (χ1) is 12.3. The molecule has 0 unspecified atom stereocenters. The number of aromatic nitrogens is 6. The molecule has 0 radical (unpaired) electrons. The van der Waals surface area contributed by atoms with Crippen LogP contribution in [0.25, 0.3) is 44.5 Å². The smallest absolute Gasteiger partial charge is 0.155 e. The number of rotatable bonds is 2. The van der Waals surface area contributed by atoms with Crippen molar-refractivity contribution < 1.29 is 0 Å². The van der Waals surface area contributed by atoms with Crippen molar-refractivity contribution in [3.63, 3.8) is 0 Å². The summed E-state index contributed by atoms with van der Waals surface area (Å²) in [6.45, 7) is 2.07. The van der Waals surface area contributed by atoms with Crippen LogP contribution in [-0.4, -0.2) is 30.1 Å². The molecule has 0 atom stereocenters. The van der Waals surface area contributed by atoms with Crippen LogP contribution in [0.4, 0.5) is 0 Å². The second kappa shape index (κ2) is 5.24. The molecule has 120 valence electrons. The molecule has 0 saturated carbocycles. The summed E-state index contributed by atoms with van der Waals surface area (Å²) < 4.78 is 0. The SMILES string of the molecule is Cc1ccncc1-c1cnc2[nH]nc(-c3cc4ccncc4[nH]3)c2c1. The zero-order chi connectivity index (χ0) is 16.8. The van der Waals surface area contributed by atoms with Crippen molar-refractivity contribution in [2.24, 2.45) is 0 Å². The maximum Gasteiger partial charge on any atom is 0.155 e. The Kier molecular flexibility index (Phi) is 2.90. The fourth-order valence-corrected chi connectivity index (χ4v) is 3.12. The number of aromatic amines is 2. The van der Waals surface area contributed by atoms with Crippen molar-refractivity contribution in [3.8, 4) is 22.5 Å². The second-order valence-corrected chi connectivity index (χ2v) is 6.03. The van der Waals surface area contributed by atoms with Gasteiger partial charge in [0.05, 0.1) is 17.4 Å². The van der Waals surface area contributed by atoms with Gasteiger partial charge in [0, 0.05) is 46.7 Å². The van der Waals surface area contributed by atoms with E-state index >= 15 is 0 Å². The monoisotopic (exact) mass is 326 g/mol. The van der Waals surface area contributed by atoms with Gasteiger partial charge in [-0.1, -0.05) is 0 Å². The molecule has 0 fully saturated rings. The summed E-state index contributed by atoms with van der Waals surface area (Å²) >= 11 is 0. The Morgan fingerprint density at radius 3 is 2.72 bits per heavy atom. The van der Waals surface area contributed by atoms with Crippen molar-refractivity contribution in [1.82, 2.24) is 30.1 Å². The van der Waals surface area contributed by atoms with Gasteiger partial charge in [-0.25, -0.2) is 4.98 Å². The highest BCUT2D eigenvalue weighted by molar-refractivity contribution is 5.95. The molecule has 0 saturated heterocycles. The van der Waals surface area contributed by atoms with Gasteiger partial charge in [0.2, 0.25) is 0 Å². The van der Waals surface area contributed by atoms with E-state index in [2.05, 4.69) is 49.2 Å². The molecule has 0 aliphatic carbocycles. The lowest BCUT2D eigenvalue weighted by molar-refractivity contribution is 1.10. The lowest BCUT2D eigenvalue weighted by Crippen LogP contribution is -1.87. The standard InChI is InChI=1S/C19H14N6/c1-11-2-4-20-9-15(11)13-6-14-18(24-25-19(14)22-8-13)16-7-12-3-5-21-10-17(12)23-16/h2-10,23H,1H3,(H,22,24,25). The minimum absolute atomic E-state index is 0.761. The highest BCUT2D eigenvalue weighted by atomic mass is 15.2. The fourth-order valence-electron chi connectivity index (χ4n) is 3.12. The van der Waals surface area contributed by atoms with E-state index in [-0.39, 0.29) is 0 Å². The third-order valence-electron chi connectivity index (χ3n) is 4.45. The molecule has 5 aromatic rings. The molecular formula is C19H14N6. The molecule has 5 heterocycles. The number of hydrogen-bond acceptors (Lipinski definition) is 4. The Morgan fingerprint density at radius 1 is 0.960 bits per heavy atom. The van der Waals surface area contributed by atoms with Crippen LogP contribution in [0.15, 0.2) is 55.2 Å². The number of hydrogen-bond donors (Lipinski definition) is 2. The molecule has 6 heteroatoms. The molecule has 0 aliphatic rings. The van der Waals surface area contributed by atoms with Crippen molar-refractivity contribution in [2.45, 2.75) is 6.92 Å². The highest BCUT2D eigenvalue weighted by Gasteiger charge is 2.13. The predicted molar refractivity (Wildman–Crippen MR) is 96.9 cm³/mol. The highest BCUT2D eigenvalue weighted by Crippen LogP contribution is 2.31. The molecule has 2 N–H and O–H groups in total. The van der Waals surface area contributed by atoms with E-state index in [1.807, 2.05) is 30.7 Å². The van der Waals surface area contributed by atoms with Crippen molar-refractivity contribution in [2.75, 3.05) is 0 Å². The lowest BCUT2D eigenvalue weighted by Gasteiger charge is -2.04. The molecule has 0 amide bonds. The van der Waals surface area contributed by atoms with Crippen LogP contribution in [0.2, 0.25) is 0 Å². The van der Waals surface area contributed by atoms with Crippen molar-refractivity contribution >= 4 is 21.9 Å². The van der Waals surface area contributed by atoms with Crippen LogP contribution in [0, 0.1) is 6.92 Å². The summed E-state index contributed by atoms with van der Waals surface area (Å²) in [4.78, 5) is 16.3. The summed E-state index contributed by atoms with van der Waals surface area (Å²) in [7, 11) is 0. The topological polar surface area (TPSA) is 83.1 Å². The van der Waals surface area contributed by atoms with E-state index in [0.717, 1.165) is 50.0 Å². The van der Waals surface area contributed by atoms with E-state index in [1.165, 1.54) is 0 Å². The van der Waals surface area contributed by atoms with Gasteiger partial charge in [0.15, 0.2) is 5.65 Å². The average Bonchev–Trinajstić information content (AvgIpc) is 3.25. The molecule has 0 aromatic carbocycles. The zero-order valence-electron chi connectivity index (χ0n) is 13.5. The Balaban J connectivity index is 1.71. The number of aryl methyl sites for hydroxylation is 1. The Bertz CT molecular complexity index is 1180. The molecule has 5 rings (SSSR count).